The van der Waals surface area contributed by atoms with Crippen molar-refractivity contribution in [3.63, 3.8) is 0 Å². The summed E-state index contributed by atoms with van der Waals surface area (Å²) >= 11 is 0. The topological polar surface area (TPSA) is 97.8 Å². The number of carbonyl (C=O) groups excluding carboxylic acids is 1. The van der Waals surface area contributed by atoms with Crippen LogP contribution in [0.1, 0.15) is 12.0 Å². The fourth-order valence-corrected chi connectivity index (χ4v) is 2.75. The van der Waals surface area contributed by atoms with Gasteiger partial charge in [0.15, 0.2) is 0 Å². The highest BCUT2D eigenvalue weighted by molar-refractivity contribution is 5.78. The van der Waals surface area contributed by atoms with Crippen LogP contribution in [0.15, 0.2) is 29.6 Å². The van der Waals surface area contributed by atoms with Gasteiger partial charge in [-0.3, -0.25) is 4.79 Å². The fraction of sp³-hybridized carbons (Fsp3) is 0.429. The predicted octanol–water partition coefficient (Wildman–Crippen LogP) is 2.26. The maximum atomic E-state index is 11.9. The molecule has 1 aliphatic rings. The van der Waals surface area contributed by atoms with Gasteiger partial charge in [-0.15, -0.1) is 0 Å². The number of H-pyrrole nitrogens is 1. The standard InChI is InChI=1S/C14H16N6O/c15-19-18-7-11-6-14(21)20(8-11)4-3-10-1-2-12-13(5-10)17-9-16-12/h1-2,5,9,11H,3-4,6-8H2,(H,16,17). The summed E-state index contributed by atoms with van der Waals surface area (Å²) in [7, 11) is 0. The maximum Gasteiger partial charge on any atom is 0.222 e. The van der Waals surface area contributed by atoms with Gasteiger partial charge in [0.25, 0.3) is 0 Å². The molecule has 2 heterocycles. The van der Waals surface area contributed by atoms with E-state index in [-0.39, 0.29) is 11.8 Å². The summed E-state index contributed by atoms with van der Waals surface area (Å²) in [5, 5.41) is 3.56. The Labute approximate surface area is 121 Å². The molecular formula is C14H16N6O. The largest absolute Gasteiger partial charge is 0.345 e. The number of hydrogen-bond donors (Lipinski definition) is 1. The molecule has 0 bridgehead atoms. The Morgan fingerprint density at radius 3 is 3.29 bits per heavy atom. The molecule has 1 atom stereocenters. The molecule has 1 saturated heterocycles. The molecule has 1 aliphatic heterocycles. The molecule has 1 N–H and O–H groups in total. The fourth-order valence-electron chi connectivity index (χ4n) is 2.75. The first-order valence-electron chi connectivity index (χ1n) is 6.97. The number of rotatable bonds is 5. The van der Waals surface area contributed by atoms with Gasteiger partial charge in [-0.1, -0.05) is 11.2 Å². The number of aromatic nitrogens is 2. The highest BCUT2D eigenvalue weighted by Gasteiger charge is 2.28. The third-order valence-corrected chi connectivity index (χ3v) is 3.85. The molecule has 0 aliphatic carbocycles. The van der Waals surface area contributed by atoms with E-state index in [4.69, 9.17) is 5.53 Å². The van der Waals surface area contributed by atoms with Crippen molar-refractivity contribution in [2.45, 2.75) is 12.8 Å². The molecule has 1 aromatic heterocycles. The van der Waals surface area contributed by atoms with Gasteiger partial charge in [0.2, 0.25) is 5.91 Å². The van der Waals surface area contributed by atoms with Crippen LogP contribution < -0.4 is 0 Å². The molecule has 1 unspecified atom stereocenters. The second-order valence-electron chi connectivity index (χ2n) is 5.33. The third kappa shape index (κ3) is 2.98. The van der Waals surface area contributed by atoms with E-state index in [9.17, 15) is 4.79 Å². The van der Waals surface area contributed by atoms with Crippen molar-refractivity contribution < 1.29 is 4.79 Å². The van der Waals surface area contributed by atoms with Crippen LogP contribution in [-0.4, -0.2) is 40.4 Å². The van der Waals surface area contributed by atoms with Crippen molar-refractivity contribution in [2.24, 2.45) is 11.0 Å². The summed E-state index contributed by atoms with van der Waals surface area (Å²) in [6.07, 6.45) is 2.98. The summed E-state index contributed by atoms with van der Waals surface area (Å²) in [4.78, 5) is 23.8. The van der Waals surface area contributed by atoms with E-state index in [1.54, 1.807) is 6.33 Å². The Morgan fingerprint density at radius 1 is 1.52 bits per heavy atom. The summed E-state index contributed by atoms with van der Waals surface area (Å²) in [6, 6.07) is 6.10. The average molecular weight is 284 g/mol. The molecule has 108 valence electrons. The second kappa shape index (κ2) is 5.85. The minimum atomic E-state index is 0.149. The number of imidazole rings is 1. The molecule has 0 radical (unpaired) electrons. The van der Waals surface area contributed by atoms with Gasteiger partial charge in [-0.05, 0) is 35.6 Å². The lowest BCUT2D eigenvalue weighted by molar-refractivity contribution is -0.127. The van der Waals surface area contributed by atoms with E-state index in [2.05, 4.69) is 26.1 Å². The monoisotopic (exact) mass is 284 g/mol. The number of fused-ring (bicyclic) bond motifs is 1. The van der Waals surface area contributed by atoms with Crippen LogP contribution in [0.25, 0.3) is 21.5 Å². The second-order valence-corrected chi connectivity index (χ2v) is 5.33. The van der Waals surface area contributed by atoms with Crippen molar-refractivity contribution in [1.29, 1.82) is 0 Å². The number of nitrogens with zero attached hydrogens (tertiary/aromatic N) is 5. The summed E-state index contributed by atoms with van der Waals surface area (Å²) in [5.41, 5.74) is 11.5. The molecular weight excluding hydrogens is 268 g/mol. The third-order valence-electron chi connectivity index (χ3n) is 3.85. The van der Waals surface area contributed by atoms with Crippen molar-refractivity contribution >= 4 is 16.9 Å². The van der Waals surface area contributed by atoms with Gasteiger partial charge in [0.1, 0.15) is 0 Å². The number of benzene rings is 1. The zero-order valence-electron chi connectivity index (χ0n) is 11.6. The van der Waals surface area contributed by atoms with Gasteiger partial charge in [-0.2, -0.15) is 0 Å². The van der Waals surface area contributed by atoms with E-state index in [0.717, 1.165) is 17.5 Å². The predicted molar refractivity (Wildman–Crippen MR) is 78.5 cm³/mol. The van der Waals surface area contributed by atoms with E-state index in [0.29, 0.717) is 26.1 Å². The average Bonchev–Trinajstić information content (AvgIpc) is 3.08. The molecule has 0 saturated carbocycles. The van der Waals surface area contributed by atoms with Gasteiger partial charge >= 0.3 is 0 Å². The first-order valence-corrected chi connectivity index (χ1v) is 6.97. The van der Waals surface area contributed by atoms with Gasteiger partial charge < -0.3 is 9.88 Å². The summed E-state index contributed by atoms with van der Waals surface area (Å²) in [6.45, 7) is 1.79. The number of aromatic amines is 1. The zero-order valence-corrected chi connectivity index (χ0v) is 11.6. The SMILES string of the molecule is [N-]=[N+]=NCC1CC(=O)N(CCc2ccc3nc[nH]c3c2)C1. The maximum absolute atomic E-state index is 11.9. The Bertz CT molecular complexity index is 702. The molecule has 7 heteroatoms. The quantitative estimate of drug-likeness (QED) is 0.517. The molecule has 7 nitrogen and oxygen atoms in total. The van der Waals surface area contributed by atoms with Gasteiger partial charge in [-0.25, -0.2) is 4.98 Å². The van der Waals surface area contributed by atoms with Crippen LogP contribution >= 0.6 is 0 Å². The minimum Gasteiger partial charge on any atom is -0.345 e. The highest BCUT2D eigenvalue weighted by atomic mass is 16.2. The molecule has 1 aromatic carbocycles. The van der Waals surface area contributed by atoms with Crippen molar-refractivity contribution in [1.82, 2.24) is 14.9 Å². The van der Waals surface area contributed by atoms with Gasteiger partial charge in [0.05, 0.1) is 17.4 Å². The van der Waals surface area contributed by atoms with Crippen LogP contribution in [0.3, 0.4) is 0 Å². The number of carbonyl (C=O) groups is 1. The molecule has 21 heavy (non-hydrogen) atoms. The lowest BCUT2D eigenvalue weighted by Crippen LogP contribution is -2.27. The smallest absolute Gasteiger partial charge is 0.222 e. The van der Waals surface area contributed by atoms with E-state index in [1.807, 2.05) is 17.0 Å². The van der Waals surface area contributed by atoms with E-state index >= 15 is 0 Å². The highest BCUT2D eigenvalue weighted by Crippen LogP contribution is 2.19. The molecule has 0 spiro atoms. The van der Waals surface area contributed by atoms with Crippen molar-refractivity contribution in [2.75, 3.05) is 19.6 Å². The first-order chi connectivity index (χ1) is 10.3. The molecule has 2 aromatic rings. The summed E-state index contributed by atoms with van der Waals surface area (Å²) in [5.74, 6) is 0.305. The van der Waals surface area contributed by atoms with Crippen molar-refractivity contribution in [3.8, 4) is 0 Å². The Balaban J connectivity index is 1.59. The molecule has 1 amide bonds. The van der Waals surface area contributed by atoms with Crippen LogP contribution in [0.4, 0.5) is 0 Å². The van der Waals surface area contributed by atoms with Crippen LogP contribution in [0.2, 0.25) is 0 Å². The van der Waals surface area contributed by atoms with Crippen molar-refractivity contribution in [3.05, 3.63) is 40.5 Å². The Kier molecular flexibility index (Phi) is 3.75. The Morgan fingerprint density at radius 2 is 2.43 bits per heavy atom. The van der Waals surface area contributed by atoms with E-state index in [1.165, 1.54) is 5.56 Å². The zero-order chi connectivity index (χ0) is 14.7. The van der Waals surface area contributed by atoms with Crippen LogP contribution in [0, 0.1) is 5.92 Å². The minimum absolute atomic E-state index is 0.149. The summed E-state index contributed by atoms with van der Waals surface area (Å²) < 4.78 is 0. The van der Waals surface area contributed by atoms with Crippen LogP contribution in [-0.2, 0) is 11.2 Å². The number of azide groups is 1. The number of amides is 1. The van der Waals surface area contributed by atoms with E-state index < -0.39 is 0 Å². The molecule has 3 rings (SSSR count). The van der Waals surface area contributed by atoms with Gasteiger partial charge in [0, 0.05) is 31.0 Å². The normalized spacial score (nSPS) is 18.2. The lowest BCUT2D eigenvalue weighted by atomic mass is 10.1. The number of hydrogen-bond acceptors (Lipinski definition) is 3. The lowest BCUT2D eigenvalue weighted by Gasteiger charge is -2.16. The Hall–Kier alpha value is -2.53. The number of likely N-dealkylation sites (tertiary alicyclic amines) is 1. The van der Waals surface area contributed by atoms with Crippen LogP contribution in [0.5, 0.6) is 0 Å². The number of nitrogens with one attached hydrogen (secondary N) is 1. The molecule has 1 fully saturated rings. The first kappa shape index (κ1) is 13.5.